The quantitative estimate of drug-likeness (QED) is 0.838. The summed E-state index contributed by atoms with van der Waals surface area (Å²) < 4.78 is 26.8. The Bertz CT molecular complexity index is 464. The Morgan fingerprint density at radius 1 is 1.33 bits per heavy atom. The summed E-state index contributed by atoms with van der Waals surface area (Å²) in [5.74, 6) is 0. The minimum atomic E-state index is -3.34. The summed E-state index contributed by atoms with van der Waals surface area (Å²) in [5, 5.41) is 3.03. The number of thiophene rings is 1. The summed E-state index contributed by atoms with van der Waals surface area (Å²) in [7, 11) is 0.187. The highest BCUT2D eigenvalue weighted by atomic mass is 32.2. The fraction of sp³-hybridized carbons (Fsp3) is 0.667. The van der Waals surface area contributed by atoms with E-state index in [1.807, 2.05) is 27.0 Å². The Morgan fingerprint density at radius 2 is 1.94 bits per heavy atom. The average molecular weight is 290 g/mol. The van der Waals surface area contributed by atoms with Gasteiger partial charge in [-0.3, -0.25) is 0 Å². The molecule has 1 aromatic rings. The third-order valence-corrected chi connectivity index (χ3v) is 6.54. The van der Waals surface area contributed by atoms with E-state index in [1.165, 1.54) is 15.6 Å². The average Bonchev–Trinajstić information content (AvgIpc) is 2.80. The van der Waals surface area contributed by atoms with Gasteiger partial charge in [-0.2, -0.15) is 4.31 Å². The molecule has 1 heterocycles. The van der Waals surface area contributed by atoms with E-state index in [9.17, 15) is 8.42 Å². The molecule has 0 aliphatic rings. The third kappa shape index (κ3) is 3.32. The topological polar surface area (TPSA) is 49.4 Å². The SMILES string of the molecule is CCC(CC)N(C)S(=O)(=O)c1ccc(CNC)s1. The van der Waals surface area contributed by atoms with E-state index in [4.69, 9.17) is 0 Å². The van der Waals surface area contributed by atoms with Crippen LogP contribution < -0.4 is 5.32 Å². The van der Waals surface area contributed by atoms with Crippen molar-refractivity contribution in [2.24, 2.45) is 0 Å². The maximum absolute atomic E-state index is 12.4. The van der Waals surface area contributed by atoms with Gasteiger partial charge in [0.1, 0.15) is 4.21 Å². The summed E-state index contributed by atoms with van der Waals surface area (Å²) in [6.07, 6.45) is 1.67. The van der Waals surface area contributed by atoms with Crippen molar-refractivity contribution in [2.75, 3.05) is 14.1 Å². The van der Waals surface area contributed by atoms with Gasteiger partial charge >= 0.3 is 0 Å². The summed E-state index contributed by atoms with van der Waals surface area (Å²) in [6, 6.07) is 3.64. The van der Waals surface area contributed by atoms with Gasteiger partial charge in [-0.1, -0.05) is 13.8 Å². The molecule has 0 saturated heterocycles. The first kappa shape index (κ1) is 15.6. The van der Waals surface area contributed by atoms with Gasteiger partial charge in [-0.05, 0) is 32.0 Å². The van der Waals surface area contributed by atoms with Crippen molar-refractivity contribution in [3.05, 3.63) is 17.0 Å². The molecule has 0 aromatic carbocycles. The second-order valence-corrected chi connectivity index (χ2v) is 7.64. The van der Waals surface area contributed by atoms with E-state index in [1.54, 1.807) is 13.1 Å². The van der Waals surface area contributed by atoms with Crippen LogP contribution in [0.5, 0.6) is 0 Å². The molecule has 4 nitrogen and oxygen atoms in total. The minimum absolute atomic E-state index is 0.0739. The summed E-state index contributed by atoms with van der Waals surface area (Å²) >= 11 is 1.34. The molecule has 0 spiro atoms. The predicted octanol–water partition coefficient (Wildman–Crippen LogP) is 2.28. The van der Waals surface area contributed by atoms with Gasteiger partial charge in [-0.15, -0.1) is 11.3 Å². The molecule has 0 saturated carbocycles. The first-order chi connectivity index (χ1) is 8.47. The molecular weight excluding hydrogens is 268 g/mol. The van der Waals surface area contributed by atoms with E-state index in [0.717, 1.165) is 17.7 Å². The van der Waals surface area contributed by atoms with Crippen molar-refractivity contribution < 1.29 is 8.42 Å². The van der Waals surface area contributed by atoms with Crippen LogP contribution >= 0.6 is 11.3 Å². The van der Waals surface area contributed by atoms with Gasteiger partial charge in [0.05, 0.1) is 0 Å². The van der Waals surface area contributed by atoms with Crippen molar-refractivity contribution in [2.45, 2.75) is 43.5 Å². The molecule has 0 amide bonds. The van der Waals surface area contributed by atoms with Gasteiger partial charge in [0.25, 0.3) is 10.0 Å². The number of hydrogen-bond donors (Lipinski definition) is 1. The Hall–Kier alpha value is -0.430. The van der Waals surface area contributed by atoms with Gasteiger partial charge in [0.15, 0.2) is 0 Å². The fourth-order valence-electron chi connectivity index (χ4n) is 1.91. The van der Waals surface area contributed by atoms with Crippen LogP contribution in [-0.4, -0.2) is 32.9 Å². The normalized spacial score (nSPS) is 12.6. The predicted molar refractivity (Wildman–Crippen MR) is 76.4 cm³/mol. The lowest BCUT2D eigenvalue weighted by molar-refractivity contribution is 0.350. The van der Waals surface area contributed by atoms with Crippen LogP contribution in [0.1, 0.15) is 31.6 Å². The molecule has 1 rings (SSSR count). The van der Waals surface area contributed by atoms with Crippen LogP contribution in [0, 0.1) is 0 Å². The third-order valence-electron chi connectivity index (χ3n) is 3.08. The summed E-state index contributed by atoms with van der Waals surface area (Å²) in [6.45, 7) is 4.73. The molecule has 0 aliphatic heterocycles. The number of rotatable bonds is 7. The molecule has 6 heteroatoms. The highest BCUT2D eigenvalue weighted by molar-refractivity contribution is 7.91. The Morgan fingerprint density at radius 3 is 2.44 bits per heavy atom. The van der Waals surface area contributed by atoms with Gasteiger partial charge in [0.2, 0.25) is 0 Å². The molecule has 104 valence electrons. The van der Waals surface area contributed by atoms with E-state index < -0.39 is 10.0 Å². The first-order valence-corrected chi connectivity index (χ1v) is 8.44. The maximum Gasteiger partial charge on any atom is 0.252 e. The van der Waals surface area contributed by atoms with Crippen LogP contribution in [0.25, 0.3) is 0 Å². The smallest absolute Gasteiger partial charge is 0.252 e. The molecule has 0 unspecified atom stereocenters. The first-order valence-electron chi connectivity index (χ1n) is 6.18. The zero-order chi connectivity index (χ0) is 13.8. The van der Waals surface area contributed by atoms with Crippen molar-refractivity contribution in [3.63, 3.8) is 0 Å². The zero-order valence-corrected chi connectivity index (χ0v) is 13.1. The Labute approximate surface area is 114 Å². The molecule has 0 fully saturated rings. The number of nitrogens with one attached hydrogen (secondary N) is 1. The van der Waals surface area contributed by atoms with Crippen LogP contribution in [0.4, 0.5) is 0 Å². The molecule has 1 N–H and O–H groups in total. The van der Waals surface area contributed by atoms with Crippen LogP contribution in [-0.2, 0) is 16.6 Å². The molecule has 0 radical (unpaired) electrons. The van der Waals surface area contributed by atoms with E-state index in [-0.39, 0.29) is 6.04 Å². The fourth-order valence-corrected chi connectivity index (χ4v) is 4.96. The standard InChI is InChI=1S/C12H22N2O2S2/c1-5-10(6-2)14(4)18(15,16)12-8-7-11(17-12)9-13-3/h7-8,10,13H,5-6,9H2,1-4H3. The monoisotopic (exact) mass is 290 g/mol. The van der Waals surface area contributed by atoms with Gasteiger partial charge in [0, 0.05) is 24.5 Å². The number of nitrogens with zero attached hydrogens (tertiary/aromatic N) is 1. The van der Waals surface area contributed by atoms with E-state index >= 15 is 0 Å². The lowest BCUT2D eigenvalue weighted by atomic mass is 10.2. The molecule has 0 aliphatic carbocycles. The van der Waals surface area contributed by atoms with Gasteiger partial charge in [-0.25, -0.2) is 8.42 Å². The van der Waals surface area contributed by atoms with Crippen molar-refractivity contribution in [3.8, 4) is 0 Å². The molecular formula is C12H22N2O2S2. The van der Waals surface area contributed by atoms with Crippen LogP contribution in [0.3, 0.4) is 0 Å². The Kier molecular flexibility index (Phi) is 5.78. The van der Waals surface area contributed by atoms with Crippen molar-refractivity contribution in [1.82, 2.24) is 9.62 Å². The highest BCUT2D eigenvalue weighted by Gasteiger charge is 2.27. The van der Waals surface area contributed by atoms with Crippen molar-refractivity contribution >= 4 is 21.4 Å². The van der Waals surface area contributed by atoms with Gasteiger partial charge < -0.3 is 5.32 Å². The largest absolute Gasteiger partial charge is 0.315 e. The minimum Gasteiger partial charge on any atom is -0.315 e. The maximum atomic E-state index is 12.4. The van der Waals surface area contributed by atoms with Crippen LogP contribution in [0.15, 0.2) is 16.3 Å². The lowest BCUT2D eigenvalue weighted by Gasteiger charge is -2.24. The van der Waals surface area contributed by atoms with E-state index in [0.29, 0.717) is 10.8 Å². The number of sulfonamides is 1. The molecule has 18 heavy (non-hydrogen) atoms. The van der Waals surface area contributed by atoms with Crippen LogP contribution in [0.2, 0.25) is 0 Å². The number of hydrogen-bond acceptors (Lipinski definition) is 4. The second kappa shape index (κ2) is 6.65. The molecule has 0 atom stereocenters. The zero-order valence-electron chi connectivity index (χ0n) is 11.4. The second-order valence-electron chi connectivity index (χ2n) is 4.24. The Balaban J connectivity index is 2.97. The lowest BCUT2D eigenvalue weighted by Crippen LogP contribution is -2.35. The van der Waals surface area contributed by atoms with E-state index in [2.05, 4.69) is 5.32 Å². The summed E-state index contributed by atoms with van der Waals surface area (Å²) in [4.78, 5) is 1.04. The highest BCUT2D eigenvalue weighted by Crippen LogP contribution is 2.26. The molecule has 0 bridgehead atoms. The summed E-state index contributed by atoms with van der Waals surface area (Å²) in [5.41, 5.74) is 0. The van der Waals surface area contributed by atoms with Crippen molar-refractivity contribution in [1.29, 1.82) is 0 Å². The molecule has 1 aromatic heterocycles.